The van der Waals surface area contributed by atoms with Gasteiger partial charge in [0.25, 0.3) is 0 Å². The second-order valence-electron chi connectivity index (χ2n) is 3.37. The largest absolute Gasteiger partial charge is 0.477 e. The fraction of sp³-hybridized carbons (Fsp3) is 0.455. The molecular weight excluding hydrogens is 274 g/mol. The molecular formula is C11H14BrNO3. The molecule has 5 heteroatoms. The van der Waals surface area contributed by atoms with Crippen LogP contribution in [0.2, 0.25) is 0 Å². The quantitative estimate of drug-likeness (QED) is 0.631. The molecule has 0 atom stereocenters. The molecule has 1 aromatic heterocycles. The summed E-state index contributed by atoms with van der Waals surface area (Å²) in [6, 6.07) is 3.31. The highest BCUT2D eigenvalue weighted by Crippen LogP contribution is 2.20. The SMILES string of the molecule is CCOc1nc(Br)ccc1C(=O)OC(C)C. The number of aromatic nitrogens is 1. The zero-order chi connectivity index (χ0) is 12.1. The summed E-state index contributed by atoms with van der Waals surface area (Å²) in [5.41, 5.74) is 0.346. The van der Waals surface area contributed by atoms with Crippen LogP contribution in [0.4, 0.5) is 0 Å². The Balaban J connectivity index is 2.97. The molecule has 0 fully saturated rings. The molecule has 0 spiro atoms. The lowest BCUT2D eigenvalue weighted by atomic mass is 10.2. The molecule has 0 aliphatic rings. The van der Waals surface area contributed by atoms with Crippen LogP contribution in [0.5, 0.6) is 5.88 Å². The first-order valence-corrected chi connectivity index (χ1v) is 5.84. The predicted octanol–water partition coefficient (Wildman–Crippen LogP) is 2.81. The van der Waals surface area contributed by atoms with Gasteiger partial charge >= 0.3 is 5.97 Å². The van der Waals surface area contributed by atoms with E-state index in [2.05, 4.69) is 20.9 Å². The van der Waals surface area contributed by atoms with E-state index in [4.69, 9.17) is 9.47 Å². The molecule has 88 valence electrons. The van der Waals surface area contributed by atoms with Gasteiger partial charge in [-0.25, -0.2) is 9.78 Å². The predicted molar refractivity (Wildman–Crippen MR) is 63.7 cm³/mol. The summed E-state index contributed by atoms with van der Waals surface area (Å²) in [7, 11) is 0. The van der Waals surface area contributed by atoms with Gasteiger partial charge in [0.15, 0.2) is 0 Å². The van der Waals surface area contributed by atoms with Gasteiger partial charge in [-0.3, -0.25) is 0 Å². The van der Waals surface area contributed by atoms with E-state index < -0.39 is 5.97 Å². The summed E-state index contributed by atoms with van der Waals surface area (Å²) in [6.07, 6.45) is -0.161. The number of halogens is 1. The van der Waals surface area contributed by atoms with E-state index in [9.17, 15) is 4.79 Å². The van der Waals surface area contributed by atoms with Crippen molar-refractivity contribution in [2.45, 2.75) is 26.9 Å². The fourth-order valence-corrected chi connectivity index (χ4v) is 1.39. The molecule has 0 N–H and O–H groups in total. The van der Waals surface area contributed by atoms with Crippen LogP contribution in [0.3, 0.4) is 0 Å². The molecule has 0 radical (unpaired) electrons. The molecule has 0 aliphatic heterocycles. The van der Waals surface area contributed by atoms with Crippen LogP contribution >= 0.6 is 15.9 Å². The number of carbonyl (C=O) groups is 1. The third kappa shape index (κ3) is 3.48. The van der Waals surface area contributed by atoms with Crippen LogP contribution < -0.4 is 4.74 Å². The standard InChI is InChI=1S/C11H14BrNO3/c1-4-15-10-8(5-6-9(12)13-10)11(14)16-7(2)3/h5-7H,4H2,1-3H3. The Morgan fingerprint density at radius 1 is 1.50 bits per heavy atom. The van der Waals surface area contributed by atoms with Gasteiger partial charge in [-0.1, -0.05) is 0 Å². The van der Waals surface area contributed by atoms with Gasteiger partial charge in [0.2, 0.25) is 5.88 Å². The summed E-state index contributed by atoms with van der Waals surface area (Å²) in [6.45, 7) is 5.88. The van der Waals surface area contributed by atoms with Crippen molar-refractivity contribution in [2.24, 2.45) is 0 Å². The van der Waals surface area contributed by atoms with Crippen molar-refractivity contribution in [3.05, 3.63) is 22.3 Å². The van der Waals surface area contributed by atoms with E-state index in [-0.39, 0.29) is 6.10 Å². The highest BCUT2D eigenvalue weighted by Gasteiger charge is 2.16. The van der Waals surface area contributed by atoms with Crippen molar-refractivity contribution in [3.63, 3.8) is 0 Å². The van der Waals surface area contributed by atoms with E-state index in [0.717, 1.165) is 0 Å². The zero-order valence-corrected chi connectivity index (χ0v) is 11.1. The lowest BCUT2D eigenvalue weighted by Crippen LogP contribution is -2.13. The highest BCUT2D eigenvalue weighted by molar-refractivity contribution is 9.10. The first-order chi connectivity index (χ1) is 7.54. The maximum absolute atomic E-state index is 11.7. The van der Waals surface area contributed by atoms with Crippen LogP contribution in [0.25, 0.3) is 0 Å². The Morgan fingerprint density at radius 3 is 2.75 bits per heavy atom. The molecule has 1 rings (SSSR count). The molecule has 0 saturated carbocycles. The molecule has 1 heterocycles. The molecule has 0 bridgehead atoms. The van der Waals surface area contributed by atoms with Crippen molar-refractivity contribution in [1.82, 2.24) is 4.98 Å². The number of nitrogens with zero attached hydrogens (tertiary/aromatic N) is 1. The monoisotopic (exact) mass is 287 g/mol. The van der Waals surface area contributed by atoms with Crippen LogP contribution in [-0.2, 0) is 4.74 Å². The van der Waals surface area contributed by atoms with E-state index >= 15 is 0 Å². The summed E-state index contributed by atoms with van der Waals surface area (Å²) in [5.74, 6) is -0.124. The van der Waals surface area contributed by atoms with Crippen LogP contribution in [0.15, 0.2) is 16.7 Å². The van der Waals surface area contributed by atoms with E-state index in [1.807, 2.05) is 6.92 Å². The Hall–Kier alpha value is -1.10. The Morgan fingerprint density at radius 2 is 2.19 bits per heavy atom. The molecule has 0 unspecified atom stereocenters. The maximum atomic E-state index is 11.7. The van der Waals surface area contributed by atoms with Gasteiger partial charge in [-0.05, 0) is 48.8 Å². The van der Waals surface area contributed by atoms with E-state index in [1.54, 1.807) is 26.0 Å². The molecule has 0 saturated heterocycles. The van der Waals surface area contributed by atoms with Crippen molar-refractivity contribution < 1.29 is 14.3 Å². The van der Waals surface area contributed by atoms with Gasteiger partial charge in [0.05, 0.1) is 12.7 Å². The Labute approximate surface area is 103 Å². The first kappa shape index (κ1) is 13.0. The highest BCUT2D eigenvalue weighted by atomic mass is 79.9. The number of hydrogen-bond donors (Lipinski definition) is 0. The van der Waals surface area contributed by atoms with Crippen LogP contribution in [-0.4, -0.2) is 23.7 Å². The minimum Gasteiger partial charge on any atom is -0.477 e. The Bertz CT molecular complexity index is 379. The van der Waals surface area contributed by atoms with Crippen molar-refractivity contribution >= 4 is 21.9 Å². The molecule has 0 aromatic carbocycles. The first-order valence-electron chi connectivity index (χ1n) is 5.05. The summed E-state index contributed by atoms with van der Waals surface area (Å²) < 4.78 is 11.0. The fourth-order valence-electron chi connectivity index (χ4n) is 1.10. The molecule has 0 amide bonds. The number of pyridine rings is 1. The van der Waals surface area contributed by atoms with Crippen LogP contribution in [0.1, 0.15) is 31.1 Å². The smallest absolute Gasteiger partial charge is 0.343 e. The third-order valence-electron chi connectivity index (χ3n) is 1.67. The normalized spacial score (nSPS) is 10.3. The zero-order valence-electron chi connectivity index (χ0n) is 9.49. The lowest BCUT2D eigenvalue weighted by Gasteiger charge is -2.11. The second kappa shape index (κ2) is 5.84. The number of ether oxygens (including phenoxy) is 2. The average molecular weight is 288 g/mol. The van der Waals surface area contributed by atoms with Crippen molar-refractivity contribution in [1.29, 1.82) is 0 Å². The van der Waals surface area contributed by atoms with Crippen molar-refractivity contribution in [2.75, 3.05) is 6.61 Å². The third-order valence-corrected chi connectivity index (χ3v) is 2.11. The average Bonchev–Trinajstić information content (AvgIpc) is 2.17. The van der Waals surface area contributed by atoms with E-state index in [1.165, 1.54) is 0 Å². The summed E-state index contributed by atoms with van der Waals surface area (Å²) >= 11 is 3.22. The van der Waals surface area contributed by atoms with E-state index in [0.29, 0.717) is 22.7 Å². The number of esters is 1. The maximum Gasteiger partial charge on any atom is 0.343 e. The minimum atomic E-state index is -0.418. The van der Waals surface area contributed by atoms with Gasteiger partial charge in [-0.15, -0.1) is 0 Å². The second-order valence-corrected chi connectivity index (χ2v) is 4.19. The molecule has 1 aromatic rings. The molecule has 4 nitrogen and oxygen atoms in total. The number of hydrogen-bond acceptors (Lipinski definition) is 4. The number of rotatable bonds is 4. The summed E-state index contributed by atoms with van der Waals surface area (Å²) in [5, 5.41) is 0. The topological polar surface area (TPSA) is 48.4 Å². The van der Waals surface area contributed by atoms with Gasteiger partial charge in [-0.2, -0.15) is 0 Å². The van der Waals surface area contributed by atoms with Gasteiger partial charge in [0.1, 0.15) is 10.2 Å². The molecule has 16 heavy (non-hydrogen) atoms. The number of carbonyl (C=O) groups excluding carboxylic acids is 1. The van der Waals surface area contributed by atoms with Crippen LogP contribution in [0, 0.1) is 0 Å². The summed E-state index contributed by atoms with van der Waals surface area (Å²) in [4.78, 5) is 15.8. The minimum absolute atomic E-state index is 0.161. The lowest BCUT2D eigenvalue weighted by molar-refractivity contribution is 0.0372. The van der Waals surface area contributed by atoms with Crippen molar-refractivity contribution in [3.8, 4) is 5.88 Å². The van der Waals surface area contributed by atoms with Gasteiger partial charge < -0.3 is 9.47 Å². The van der Waals surface area contributed by atoms with Gasteiger partial charge in [0, 0.05) is 0 Å². The molecule has 0 aliphatic carbocycles. The Kier molecular flexibility index (Phi) is 4.73.